The number of nitrogens with one attached hydrogen (secondary N) is 3. The van der Waals surface area contributed by atoms with Gasteiger partial charge in [0.05, 0.1) is 17.5 Å². The molecule has 4 heterocycles. The second kappa shape index (κ2) is 15.1. The van der Waals surface area contributed by atoms with Crippen molar-refractivity contribution < 1.29 is 13.8 Å². The summed E-state index contributed by atoms with van der Waals surface area (Å²) in [5.41, 5.74) is 4.34. The fourth-order valence-corrected chi connectivity index (χ4v) is 7.32. The lowest BCUT2D eigenvalue weighted by Gasteiger charge is -2.34. The topological polar surface area (TPSA) is 126 Å². The van der Waals surface area contributed by atoms with Gasteiger partial charge in [0.2, 0.25) is 11.9 Å². The van der Waals surface area contributed by atoms with Crippen molar-refractivity contribution in [2.75, 3.05) is 67.2 Å². The van der Waals surface area contributed by atoms with Crippen LogP contribution in [0.2, 0.25) is 0 Å². The number of nitrogens with zero attached hydrogens (tertiary/aromatic N) is 6. The summed E-state index contributed by atoms with van der Waals surface area (Å²) in [6, 6.07) is 15.3. The molecule has 3 N–H and O–H groups in total. The Morgan fingerprint density at radius 2 is 1.77 bits per heavy atom. The van der Waals surface area contributed by atoms with Gasteiger partial charge in [0.1, 0.15) is 5.82 Å². The van der Waals surface area contributed by atoms with Crippen LogP contribution in [0.25, 0.3) is 0 Å². The van der Waals surface area contributed by atoms with Gasteiger partial charge < -0.3 is 25.3 Å². The third-order valence-corrected chi connectivity index (χ3v) is 10.6. The highest BCUT2D eigenvalue weighted by Gasteiger charge is 2.33. The Labute approximate surface area is 278 Å². The zero-order valence-electron chi connectivity index (χ0n) is 26.9. The van der Waals surface area contributed by atoms with E-state index in [1.807, 2.05) is 30.3 Å². The van der Waals surface area contributed by atoms with E-state index < -0.39 is 11.0 Å². The molecule has 3 amide bonds. The SMILES string of the molecule is C=CC(=O)Nc1ccccc1CN1Cc2cnc(Nc3ccc(N4CCN(C)CC4)cc3)nc2NC1=O.O=S(C1CC1)N1CCCC1. The number of piperazine rings is 1. The number of urea groups is 1. The van der Waals surface area contributed by atoms with E-state index in [1.165, 1.54) is 37.4 Å². The lowest BCUT2D eigenvalue weighted by molar-refractivity contribution is -0.111. The first-order valence-electron chi connectivity index (χ1n) is 16.3. The summed E-state index contributed by atoms with van der Waals surface area (Å²) in [5, 5.41) is 9.42. The van der Waals surface area contributed by atoms with Gasteiger partial charge in [-0.2, -0.15) is 4.98 Å². The number of benzene rings is 2. The van der Waals surface area contributed by atoms with Gasteiger partial charge in [-0.3, -0.25) is 10.1 Å². The van der Waals surface area contributed by atoms with Crippen LogP contribution >= 0.6 is 0 Å². The van der Waals surface area contributed by atoms with Gasteiger partial charge in [-0.15, -0.1) is 0 Å². The number of aromatic nitrogens is 2. The van der Waals surface area contributed by atoms with Crippen LogP contribution in [0.1, 0.15) is 36.8 Å². The molecule has 248 valence electrons. The molecule has 1 aromatic heterocycles. The molecule has 1 unspecified atom stereocenters. The molecule has 3 aromatic rings. The van der Waals surface area contributed by atoms with Gasteiger partial charge >= 0.3 is 6.03 Å². The van der Waals surface area contributed by atoms with Crippen LogP contribution in [0.3, 0.4) is 0 Å². The highest BCUT2D eigenvalue weighted by Crippen LogP contribution is 2.30. The van der Waals surface area contributed by atoms with Gasteiger partial charge in [0.25, 0.3) is 0 Å². The molecule has 0 spiro atoms. The Morgan fingerprint density at radius 3 is 2.47 bits per heavy atom. The zero-order chi connectivity index (χ0) is 32.8. The number of para-hydroxylation sites is 1. The van der Waals surface area contributed by atoms with Gasteiger partial charge in [0.15, 0.2) is 0 Å². The molecule has 0 bridgehead atoms. The molecule has 2 aromatic carbocycles. The summed E-state index contributed by atoms with van der Waals surface area (Å²) >= 11 is 0. The number of carbonyl (C=O) groups is 2. The molecule has 13 heteroatoms. The number of amides is 3. The predicted molar refractivity (Wildman–Crippen MR) is 187 cm³/mol. The summed E-state index contributed by atoms with van der Waals surface area (Å²) < 4.78 is 13.6. The van der Waals surface area contributed by atoms with Crippen molar-refractivity contribution in [2.24, 2.45) is 0 Å². The van der Waals surface area contributed by atoms with E-state index in [-0.39, 0.29) is 11.9 Å². The van der Waals surface area contributed by atoms with E-state index in [4.69, 9.17) is 0 Å². The maximum absolute atomic E-state index is 12.9. The number of anilines is 5. The molecule has 0 radical (unpaired) electrons. The Kier molecular flexibility index (Phi) is 10.4. The van der Waals surface area contributed by atoms with Crippen LogP contribution in [0, 0.1) is 0 Å². The summed E-state index contributed by atoms with van der Waals surface area (Å²) in [4.78, 5) is 40.0. The minimum absolute atomic E-state index is 0.265. The first-order valence-corrected chi connectivity index (χ1v) is 17.4. The third kappa shape index (κ3) is 8.53. The third-order valence-electron chi connectivity index (χ3n) is 8.68. The summed E-state index contributed by atoms with van der Waals surface area (Å²) in [6.07, 6.45) is 7.83. The molecule has 3 aliphatic heterocycles. The van der Waals surface area contributed by atoms with Crippen LogP contribution < -0.4 is 20.9 Å². The molecule has 2 saturated heterocycles. The minimum atomic E-state index is -0.603. The fraction of sp³-hybridized carbons (Fsp3) is 0.412. The quantitative estimate of drug-likeness (QED) is 0.286. The molecular weight excluding hydrogens is 615 g/mol. The maximum atomic E-state index is 12.9. The molecule has 7 rings (SSSR count). The predicted octanol–water partition coefficient (Wildman–Crippen LogP) is 4.55. The lowest BCUT2D eigenvalue weighted by atomic mass is 10.1. The Balaban J connectivity index is 0.000000327. The van der Waals surface area contributed by atoms with E-state index in [2.05, 4.69) is 65.8 Å². The largest absolute Gasteiger partial charge is 0.369 e. The van der Waals surface area contributed by atoms with Crippen molar-refractivity contribution in [1.82, 2.24) is 24.1 Å². The average molecular weight is 658 g/mol. The van der Waals surface area contributed by atoms with Gasteiger partial charge in [-0.05, 0) is 74.7 Å². The lowest BCUT2D eigenvalue weighted by Crippen LogP contribution is -2.44. The molecule has 4 aliphatic rings. The number of hydrogen-bond acceptors (Lipinski definition) is 8. The van der Waals surface area contributed by atoms with Crippen molar-refractivity contribution in [1.29, 1.82) is 0 Å². The summed E-state index contributed by atoms with van der Waals surface area (Å²) in [5.74, 6) is 0.599. The number of likely N-dealkylation sites (N-methyl/N-ethyl adjacent to an activating group) is 1. The highest BCUT2D eigenvalue weighted by molar-refractivity contribution is 7.83. The fourth-order valence-electron chi connectivity index (χ4n) is 5.74. The van der Waals surface area contributed by atoms with Crippen molar-refractivity contribution in [3.8, 4) is 0 Å². The highest BCUT2D eigenvalue weighted by atomic mass is 32.2. The Hall–Kier alpha value is -4.33. The molecule has 47 heavy (non-hydrogen) atoms. The van der Waals surface area contributed by atoms with E-state index in [1.54, 1.807) is 17.2 Å². The van der Waals surface area contributed by atoms with Crippen LogP contribution in [-0.2, 0) is 28.9 Å². The number of rotatable bonds is 9. The van der Waals surface area contributed by atoms with Crippen LogP contribution in [0.5, 0.6) is 0 Å². The Bertz CT molecular complexity index is 1600. The van der Waals surface area contributed by atoms with Crippen molar-refractivity contribution in [3.05, 3.63) is 78.5 Å². The van der Waals surface area contributed by atoms with E-state index >= 15 is 0 Å². The van der Waals surface area contributed by atoms with Crippen molar-refractivity contribution in [2.45, 2.75) is 44.0 Å². The first kappa shape index (κ1) is 32.6. The Morgan fingerprint density at radius 1 is 1.04 bits per heavy atom. The monoisotopic (exact) mass is 657 g/mol. The zero-order valence-corrected chi connectivity index (χ0v) is 27.7. The summed E-state index contributed by atoms with van der Waals surface area (Å²) in [6.45, 7) is 10.5. The minimum Gasteiger partial charge on any atom is -0.369 e. The van der Waals surface area contributed by atoms with Crippen LogP contribution in [0.15, 0.2) is 67.4 Å². The van der Waals surface area contributed by atoms with Gasteiger partial charge in [-0.1, -0.05) is 24.8 Å². The van der Waals surface area contributed by atoms with Crippen LogP contribution in [0.4, 0.5) is 33.6 Å². The second-order valence-corrected chi connectivity index (χ2v) is 14.0. The van der Waals surface area contributed by atoms with E-state index in [9.17, 15) is 13.8 Å². The summed E-state index contributed by atoms with van der Waals surface area (Å²) in [7, 11) is 1.54. The number of fused-ring (bicyclic) bond motifs is 1. The van der Waals surface area contributed by atoms with Crippen molar-refractivity contribution >= 4 is 51.8 Å². The smallest absolute Gasteiger partial charge is 0.323 e. The second-order valence-electron chi connectivity index (χ2n) is 12.3. The molecule has 1 saturated carbocycles. The van der Waals surface area contributed by atoms with E-state index in [0.29, 0.717) is 35.8 Å². The normalized spacial score (nSPS) is 18.8. The molecular formula is C34H43N9O3S. The standard InChI is InChI=1S/C27H30N8O2.C7H13NOS/c1-3-24(36)30-23-7-5-4-6-19(23)17-35-18-20-16-28-26(31-25(20)32-27(35)37)29-21-8-10-22(11-9-21)34-14-12-33(2)13-15-34;9-10(7-3-4-7)8-5-1-2-6-8/h3-11,16H,1,12-15,17-18H2,2H3,(H,30,36)(H2,28,29,31,32,37);7H,1-6H2. The molecule has 3 fully saturated rings. The molecule has 1 atom stereocenters. The van der Waals surface area contributed by atoms with Crippen molar-refractivity contribution in [3.63, 3.8) is 0 Å². The van der Waals surface area contributed by atoms with Gasteiger partial charge in [-0.25, -0.2) is 18.3 Å². The van der Waals surface area contributed by atoms with Gasteiger partial charge in [0, 0.05) is 79.9 Å². The van der Waals surface area contributed by atoms with Crippen LogP contribution in [-0.4, -0.2) is 91.8 Å². The molecule has 1 aliphatic carbocycles. The number of carbonyl (C=O) groups excluding carboxylic acids is 2. The first-order chi connectivity index (χ1) is 22.9. The number of hydrogen-bond donors (Lipinski definition) is 3. The van der Waals surface area contributed by atoms with E-state index in [0.717, 1.165) is 56.1 Å². The average Bonchev–Trinajstić information content (AvgIpc) is 3.79. The maximum Gasteiger partial charge on any atom is 0.323 e. The molecule has 12 nitrogen and oxygen atoms in total.